The zero-order valence-corrected chi connectivity index (χ0v) is 10.3. The van der Waals surface area contributed by atoms with Gasteiger partial charge in [0, 0.05) is 20.8 Å². The van der Waals surface area contributed by atoms with Crippen LogP contribution in [0.15, 0.2) is 12.2 Å². The van der Waals surface area contributed by atoms with E-state index in [1.54, 1.807) is 7.57 Å². The van der Waals surface area contributed by atoms with Crippen LogP contribution in [0, 0.1) is 0 Å². The van der Waals surface area contributed by atoms with Crippen LogP contribution in [0.5, 0.6) is 0 Å². The zero-order valence-electron chi connectivity index (χ0n) is 9.26. The highest BCUT2D eigenvalue weighted by Gasteiger charge is 2.11. The molecule has 0 aromatic rings. The molecule has 6 heteroatoms. The number of hydrogen-bond acceptors (Lipinski definition) is 3. The Labute approximate surface area is 93.1 Å². The molecule has 0 aromatic carbocycles. The molecule has 1 atom stereocenters. The van der Waals surface area contributed by atoms with Gasteiger partial charge in [0.2, 0.25) is 5.91 Å². The molecule has 1 N–H and O–H groups in total. The van der Waals surface area contributed by atoms with Crippen molar-refractivity contribution < 1.29 is 14.1 Å². The molecule has 0 bridgehead atoms. The van der Waals surface area contributed by atoms with Gasteiger partial charge >= 0.3 is 5.97 Å². The fourth-order valence-electron chi connectivity index (χ4n) is 0.898. The van der Waals surface area contributed by atoms with Crippen LogP contribution in [0.2, 0.25) is 0 Å². The molecule has 0 saturated heterocycles. The Bertz CT molecular complexity index is 246. The Balaban J connectivity index is 3.76. The fourth-order valence-corrected chi connectivity index (χ4v) is 1.23. The van der Waals surface area contributed by atoms with Gasteiger partial charge in [-0.1, -0.05) is 19.9 Å². The van der Waals surface area contributed by atoms with Gasteiger partial charge in [-0.3, -0.25) is 4.79 Å². The van der Waals surface area contributed by atoms with Crippen LogP contribution in [0.1, 0.15) is 26.2 Å². The summed E-state index contributed by atoms with van der Waals surface area (Å²) in [7, 11) is 1.83. The Morgan fingerprint density at radius 1 is 1.53 bits per heavy atom. The zero-order chi connectivity index (χ0) is 11.7. The van der Waals surface area contributed by atoms with Crippen LogP contribution in [-0.4, -0.2) is 26.0 Å². The molecule has 0 fully saturated rings. The van der Waals surface area contributed by atoms with Crippen LogP contribution in [0.3, 0.4) is 0 Å². The normalized spacial score (nSPS) is 10.2. The third-order valence-corrected chi connectivity index (χ3v) is 2.10. The smallest absolute Gasteiger partial charge is 0.335 e. The van der Waals surface area contributed by atoms with Crippen LogP contribution >= 0.6 is 8.69 Å². The van der Waals surface area contributed by atoms with Gasteiger partial charge in [0.15, 0.2) is 7.57 Å². The number of unbranched alkanes of at least 4 members (excludes halogenated alkanes) is 1. The second-order valence-corrected chi connectivity index (χ2v) is 3.69. The molecule has 4 nitrogen and oxygen atoms in total. The van der Waals surface area contributed by atoms with Crippen molar-refractivity contribution in [2.45, 2.75) is 26.2 Å². The molecule has 0 aliphatic carbocycles. The maximum absolute atomic E-state index is 11.3. The number of nitrogens with one attached hydrogen (secondary N) is 1. The van der Waals surface area contributed by atoms with Gasteiger partial charge in [0.1, 0.15) is 0 Å². The van der Waals surface area contributed by atoms with E-state index in [-0.39, 0.29) is 26.6 Å². The third kappa shape index (κ3) is 7.14. The van der Waals surface area contributed by atoms with Crippen LogP contribution in [0.4, 0.5) is 0 Å². The second kappa shape index (κ2) is 8.48. The van der Waals surface area contributed by atoms with Crippen molar-refractivity contribution in [2.75, 3.05) is 6.54 Å². The molecule has 1 unspecified atom stereocenters. The molecule has 0 radical (unpaired) electrons. The van der Waals surface area contributed by atoms with Gasteiger partial charge < -0.3 is 9.84 Å². The largest absolute Gasteiger partial charge is 0.456 e. The lowest BCUT2D eigenvalue weighted by atomic mass is 10.2. The molecular formula is C9H17BNO3P. The Morgan fingerprint density at radius 3 is 2.73 bits per heavy atom. The molecule has 0 aliphatic heterocycles. The molecule has 0 aliphatic rings. The standard InChI is InChI=1S/C9H17BNO3P/c1-3-4-5-11-8(12)6-7(2)9(13)14-15-10/h15H,2-6,10H2,1H3,(H,11,12). The lowest BCUT2D eigenvalue weighted by Gasteiger charge is -2.06. The Hall–Kier alpha value is -0.825. The van der Waals surface area contributed by atoms with Crippen molar-refractivity contribution in [1.29, 1.82) is 0 Å². The summed E-state index contributed by atoms with van der Waals surface area (Å²) in [6.07, 6.45) is 1.99. The number of carbonyl (C=O) groups is 2. The van der Waals surface area contributed by atoms with Gasteiger partial charge in [0.05, 0.1) is 6.42 Å². The lowest BCUT2D eigenvalue weighted by molar-refractivity contribution is -0.130. The minimum absolute atomic E-state index is 0.0209. The highest BCUT2D eigenvalue weighted by Crippen LogP contribution is 2.09. The predicted molar refractivity (Wildman–Crippen MR) is 64.6 cm³/mol. The van der Waals surface area contributed by atoms with E-state index < -0.39 is 5.97 Å². The number of amides is 1. The molecule has 0 spiro atoms. The molecule has 0 heterocycles. The first-order valence-corrected chi connectivity index (χ1v) is 6.35. The maximum atomic E-state index is 11.3. The van der Waals surface area contributed by atoms with Crippen molar-refractivity contribution in [3.63, 3.8) is 0 Å². The monoisotopic (exact) mass is 229 g/mol. The summed E-state index contributed by atoms with van der Waals surface area (Å²) in [5.74, 6) is -0.661. The lowest BCUT2D eigenvalue weighted by Crippen LogP contribution is -2.25. The SMILES string of the molecule is BPOC(=O)C(=C)CC(=O)NCCCC. The average Bonchev–Trinajstić information content (AvgIpc) is 2.18. The van der Waals surface area contributed by atoms with Gasteiger partial charge in [0.25, 0.3) is 0 Å². The highest BCUT2D eigenvalue weighted by atomic mass is 31.1. The topological polar surface area (TPSA) is 55.4 Å². The fraction of sp³-hybridized carbons (Fsp3) is 0.556. The first kappa shape index (κ1) is 14.2. The van der Waals surface area contributed by atoms with E-state index in [1.165, 1.54) is 0 Å². The maximum Gasteiger partial charge on any atom is 0.335 e. The van der Waals surface area contributed by atoms with E-state index >= 15 is 0 Å². The molecule has 84 valence electrons. The van der Waals surface area contributed by atoms with Gasteiger partial charge in [-0.2, -0.15) is 0 Å². The first-order valence-electron chi connectivity index (χ1n) is 4.94. The van der Waals surface area contributed by atoms with E-state index in [2.05, 4.69) is 11.9 Å². The summed E-state index contributed by atoms with van der Waals surface area (Å²) in [4.78, 5) is 22.4. The summed E-state index contributed by atoms with van der Waals surface area (Å²) in [5, 5.41) is 2.71. The molecular weight excluding hydrogens is 212 g/mol. The Morgan fingerprint density at radius 2 is 2.20 bits per heavy atom. The minimum Gasteiger partial charge on any atom is -0.456 e. The summed E-state index contributed by atoms with van der Waals surface area (Å²) in [6.45, 7) is 6.20. The van der Waals surface area contributed by atoms with Crippen molar-refractivity contribution in [3.8, 4) is 0 Å². The number of rotatable bonds is 7. The van der Waals surface area contributed by atoms with E-state index in [1.807, 2.05) is 6.92 Å². The van der Waals surface area contributed by atoms with Crippen molar-refractivity contribution >= 4 is 28.1 Å². The van der Waals surface area contributed by atoms with Gasteiger partial charge in [-0.15, -0.1) is 0 Å². The Kier molecular flexibility index (Phi) is 8.01. The molecule has 0 aromatic heterocycles. The van der Waals surface area contributed by atoms with Gasteiger partial charge in [-0.25, -0.2) is 4.79 Å². The summed E-state index contributed by atoms with van der Waals surface area (Å²) in [5.41, 5.74) is 0.207. The quantitative estimate of drug-likeness (QED) is 0.300. The summed E-state index contributed by atoms with van der Waals surface area (Å²) < 4.78 is 4.74. The van der Waals surface area contributed by atoms with Crippen LogP contribution < -0.4 is 5.32 Å². The van der Waals surface area contributed by atoms with Crippen LogP contribution in [0.25, 0.3) is 0 Å². The highest BCUT2D eigenvalue weighted by molar-refractivity contribution is 7.62. The number of hydrogen-bond donors (Lipinski definition) is 1. The third-order valence-electron chi connectivity index (χ3n) is 1.71. The molecule has 1 amide bonds. The number of carbonyl (C=O) groups excluding carboxylic acids is 2. The second-order valence-electron chi connectivity index (χ2n) is 3.08. The summed E-state index contributed by atoms with van der Waals surface area (Å²) in [6, 6.07) is 0. The molecule has 15 heavy (non-hydrogen) atoms. The van der Waals surface area contributed by atoms with Crippen LogP contribution in [-0.2, 0) is 14.1 Å². The van der Waals surface area contributed by atoms with Crippen molar-refractivity contribution in [1.82, 2.24) is 5.32 Å². The minimum atomic E-state index is -0.485. The first-order chi connectivity index (χ1) is 7.11. The average molecular weight is 229 g/mol. The molecule has 0 rings (SSSR count). The van der Waals surface area contributed by atoms with E-state index in [0.717, 1.165) is 12.8 Å². The van der Waals surface area contributed by atoms with Crippen molar-refractivity contribution in [2.24, 2.45) is 0 Å². The predicted octanol–water partition coefficient (Wildman–Crippen LogP) is 0.534. The van der Waals surface area contributed by atoms with E-state index in [9.17, 15) is 9.59 Å². The van der Waals surface area contributed by atoms with Gasteiger partial charge in [-0.05, 0) is 6.42 Å². The molecule has 0 saturated carbocycles. The summed E-state index contributed by atoms with van der Waals surface area (Å²) >= 11 is 0. The van der Waals surface area contributed by atoms with Crippen molar-refractivity contribution in [3.05, 3.63) is 12.2 Å². The van der Waals surface area contributed by atoms with E-state index in [0.29, 0.717) is 6.54 Å². The van der Waals surface area contributed by atoms with E-state index in [4.69, 9.17) is 4.52 Å².